The third-order valence-electron chi connectivity index (χ3n) is 8.42. The van der Waals surface area contributed by atoms with E-state index in [0.717, 1.165) is 25.7 Å². The predicted octanol–water partition coefficient (Wildman–Crippen LogP) is 7.44. The molecule has 3 unspecified atom stereocenters. The van der Waals surface area contributed by atoms with Crippen LogP contribution in [0.2, 0.25) is 5.02 Å². The smallest absolute Gasteiger partial charge is 0.339 e. The summed E-state index contributed by atoms with van der Waals surface area (Å²) in [6.07, 6.45) is 3.53. The van der Waals surface area contributed by atoms with Crippen LogP contribution >= 0.6 is 11.6 Å². The molecule has 2 amide bonds. The molecule has 1 saturated heterocycles. The molecule has 0 radical (unpaired) electrons. The van der Waals surface area contributed by atoms with Gasteiger partial charge in [-0.25, -0.2) is 9.78 Å². The fraction of sp³-hybridized carbons (Fsp3) is 0.286. The highest BCUT2D eigenvalue weighted by molar-refractivity contribution is 6.35. The zero-order valence-corrected chi connectivity index (χ0v) is 24.5. The van der Waals surface area contributed by atoms with Gasteiger partial charge in [0.25, 0.3) is 0 Å². The minimum atomic E-state index is -0.940. The van der Waals surface area contributed by atoms with E-state index in [1.165, 1.54) is 4.90 Å². The summed E-state index contributed by atoms with van der Waals surface area (Å²) < 4.78 is 5.85. The maximum atomic E-state index is 13.7. The first-order valence-corrected chi connectivity index (χ1v) is 15.1. The molecule has 43 heavy (non-hydrogen) atoms. The van der Waals surface area contributed by atoms with E-state index in [1.807, 2.05) is 13.0 Å². The van der Waals surface area contributed by atoms with Crippen molar-refractivity contribution in [3.63, 3.8) is 0 Å². The number of Topliss-reactive ketones (excluding diaryl/α,β-unsaturated/α-hetero) is 1. The van der Waals surface area contributed by atoms with E-state index in [2.05, 4.69) is 0 Å². The molecule has 2 heterocycles. The third kappa shape index (κ3) is 5.45. The molecule has 4 aromatic rings. The van der Waals surface area contributed by atoms with Crippen LogP contribution in [0.25, 0.3) is 22.2 Å². The summed E-state index contributed by atoms with van der Waals surface area (Å²) in [7, 11) is 0. The number of fused-ring (bicyclic) bond motifs is 2. The summed E-state index contributed by atoms with van der Waals surface area (Å²) in [6, 6.07) is 22.6. The normalized spacial score (nSPS) is 18.9. The number of amides is 2. The van der Waals surface area contributed by atoms with Crippen molar-refractivity contribution in [3.8, 4) is 11.3 Å². The molecule has 0 N–H and O–H groups in total. The zero-order chi connectivity index (χ0) is 30.1. The van der Waals surface area contributed by atoms with Gasteiger partial charge in [0.2, 0.25) is 17.6 Å². The van der Waals surface area contributed by atoms with Gasteiger partial charge in [-0.1, -0.05) is 92.4 Å². The molecular formula is C35H31ClN2O5. The number of pyridine rings is 1. The van der Waals surface area contributed by atoms with Gasteiger partial charge in [-0.2, -0.15) is 0 Å². The SMILES string of the molecule is CCCC(OC(=O)c1cc(-c2ccc(N3C(=O)C4CCCCC4C3=O)cc2)nc2c(Cl)cccc12)C(=O)c1ccccc1. The molecule has 1 saturated carbocycles. The van der Waals surface area contributed by atoms with Crippen LogP contribution in [0.5, 0.6) is 0 Å². The Balaban J connectivity index is 1.33. The van der Waals surface area contributed by atoms with Crippen molar-refractivity contribution in [2.24, 2.45) is 11.8 Å². The monoisotopic (exact) mass is 594 g/mol. The van der Waals surface area contributed by atoms with Gasteiger partial charge in [-0.05, 0) is 43.5 Å². The third-order valence-corrected chi connectivity index (χ3v) is 8.73. The molecule has 1 aliphatic carbocycles. The second-order valence-electron chi connectivity index (χ2n) is 11.2. The summed E-state index contributed by atoms with van der Waals surface area (Å²) in [5.74, 6) is -1.63. The lowest BCUT2D eigenvalue weighted by Gasteiger charge is -2.19. The summed E-state index contributed by atoms with van der Waals surface area (Å²) >= 11 is 6.53. The summed E-state index contributed by atoms with van der Waals surface area (Å²) in [5.41, 5.74) is 2.80. The van der Waals surface area contributed by atoms with Crippen molar-refractivity contribution >= 4 is 51.8 Å². The van der Waals surface area contributed by atoms with E-state index < -0.39 is 12.1 Å². The van der Waals surface area contributed by atoms with Gasteiger partial charge in [0.1, 0.15) is 0 Å². The van der Waals surface area contributed by atoms with Crippen LogP contribution in [-0.4, -0.2) is 34.7 Å². The Labute approximate surface area is 254 Å². The van der Waals surface area contributed by atoms with Crippen LogP contribution in [0.3, 0.4) is 0 Å². The maximum absolute atomic E-state index is 13.7. The van der Waals surface area contributed by atoms with E-state index in [-0.39, 0.29) is 35.0 Å². The van der Waals surface area contributed by atoms with E-state index >= 15 is 0 Å². The number of imide groups is 1. The van der Waals surface area contributed by atoms with Crippen molar-refractivity contribution in [2.75, 3.05) is 4.90 Å². The molecule has 1 aliphatic heterocycles. The number of hydrogen-bond donors (Lipinski definition) is 0. The fourth-order valence-electron chi connectivity index (χ4n) is 6.22. The Morgan fingerprint density at radius 1 is 0.930 bits per heavy atom. The topological polar surface area (TPSA) is 93.6 Å². The number of carbonyl (C=O) groups is 4. The number of esters is 1. The molecule has 8 heteroatoms. The van der Waals surface area contributed by atoms with Gasteiger partial charge in [-0.3, -0.25) is 19.3 Å². The first kappa shape index (κ1) is 28.7. The standard InChI is InChI=1S/C35H31ClN2O5/c1-2-9-30(32(39)22-10-4-3-5-11-22)43-35(42)27-20-29(37-31-24(27)14-8-15-28(31)36)21-16-18-23(19-17-21)38-33(40)25-12-6-7-13-26(25)34(38)41/h3-5,8,10-11,14-20,25-26,30H,2,6-7,9,12-13H2,1H3. The van der Waals surface area contributed by atoms with E-state index in [9.17, 15) is 19.2 Å². The lowest BCUT2D eigenvalue weighted by molar-refractivity contribution is -0.122. The number of anilines is 1. The van der Waals surface area contributed by atoms with Crippen molar-refractivity contribution in [2.45, 2.75) is 51.6 Å². The number of carbonyl (C=O) groups excluding carboxylic acids is 4. The molecule has 7 nitrogen and oxygen atoms in total. The minimum absolute atomic E-state index is 0.130. The average molecular weight is 595 g/mol. The number of aromatic nitrogens is 1. The molecule has 3 aromatic carbocycles. The fourth-order valence-corrected chi connectivity index (χ4v) is 6.43. The maximum Gasteiger partial charge on any atom is 0.339 e. The van der Waals surface area contributed by atoms with Gasteiger partial charge in [0.15, 0.2) is 6.10 Å². The molecule has 1 aromatic heterocycles. The Morgan fingerprint density at radius 3 is 2.26 bits per heavy atom. The largest absolute Gasteiger partial charge is 0.450 e. The number of ketones is 1. The number of rotatable bonds is 8. The second kappa shape index (κ2) is 12.1. The lowest BCUT2D eigenvalue weighted by atomic mass is 9.81. The number of nitrogens with zero attached hydrogens (tertiary/aromatic N) is 2. The Hall–Kier alpha value is -4.36. The summed E-state index contributed by atoms with van der Waals surface area (Å²) in [6.45, 7) is 1.93. The lowest BCUT2D eigenvalue weighted by Crippen LogP contribution is -2.30. The van der Waals surface area contributed by atoms with Crippen LogP contribution in [0.4, 0.5) is 5.69 Å². The second-order valence-corrected chi connectivity index (χ2v) is 11.6. The quantitative estimate of drug-likeness (QED) is 0.119. The van der Waals surface area contributed by atoms with E-state index in [4.69, 9.17) is 21.3 Å². The molecule has 2 aliphatic rings. The first-order valence-electron chi connectivity index (χ1n) is 14.7. The molecular weight excluding hydrogens is 564 g/mol. The Morgan fingerprint density at radius 2 is 1.60 bits per heavy atom. The van der Waals surface area contributed by atoms with Crippen LogP contribution in [0, 0.1) is 11.8 Å². The zero-order valence-electron chi connectivity index (χ0n) is 23.8. The highest BCUT2D eigenvalue weighted by atomic mass is 35.5. The van der Waals surface area contributed by atoms with Crippen molar-refractivity contribution in [1.82, 2.24) is 4.98 Å². The van der Waals surface area contributed by atoms with Gasteiger partial charge in [-0.15, -0.1) is 0 Å². The van der Waals surface area contributed by atoms with Gasteiger partial charge < -0.3 is 4.74 Å². The highest BCUT2D eigenvalue weighted by Crippen LogP contribution is 2.40. The molecule has 218 valence electrons. The van der Waals surface area contributed by atoms with Crippen molar-refractivity contribution in [3.05, 3.63) is 95.0 Å². The van der Waals surface area contributed by atoms with Crippen LogP contribution in [0.15, 0.2) is 78.9 Å². The highest BCUT2D eigenvalue weighted by Gasteiger charge is 2.48. The summed E-state index contributed by atoms with van der Waals surface area (Å²) in [4.78, 5) is 59.1. The number of benzene rings is 3. The number of hydrogen-bond acceptors (Lipinski definition) is 6. The number of ether oxygens (including phenoxy) is 1. The first-order chi connectivity index (χ1) is 20.9. The van der Waals surface area contributed by atoms with Gasteiger partial charge in [0.05, 0.1) is 39.3 Å². The Kier molecular flexibility index (Phi) is 8.08. The number of para-hydroxylation sites is 1. The van der Waals surface area contributed by atoms with Crippen LogP contribution in [-0.2, 0) is 14.3 Å². The Bertz CT molecular complexity index is 1700. The van der Waals surface area contributed by atoms with Gasteiger partial charge >= 0.3 is 5.97 Å². The summed E-state index contributed by atoms with van der Waals surface area (Å²) in [5, 5.41) is 0.877. The molecule has 0 spiro atoms. The molecule has 2 fully saturated rings. The van der Waals surface area contributed by atoms with Crippen molar-refractivity contribution in [1.29, 1.82) is 0 Å². The minimum Gasteiger partial charge on any atom is -0.450 e. The van der Waals surface area contributed by atoms with Crippen LogP contribution < -0.4 is 4.90 Å². The number of halogens is 1. The predicted molar refractivity (Wildman–Crippen MR) is 165 cm³/mol. The molecule has 6 rings (SSSR count). The van der Waals surface area contributed by atoms with E-state index in [1.54, 1.807) is 72.8 Å². The molecule has 3 atom stereocenters. The molecule has 0 bridgehead atoms. The average Bonchev–Trinajstić information content (AvgIpc) is 3.30. The van der Waals surface area contributed by atoms with E-state index in [0.29, 0.717) is 51.3 Å². The van der Waals surface area contributed by atoms with Crippen LogP contribution in [0.1, 0.15) is 66.2 Å². The van der Waals surface area contributed by atoms with Gasteiger partial charge in [0, 0.05) is 16.5 Å². The van der Waals surface area contributed by atoms with Crippen molar-refractivity contribution < 1.29 is 23.9 Å².